The Balaban J connectivity index is 2.02. The van der Waals surface area contributed by atoms with Gasteiger partial charge in [0.1, 0.15) is 0 Å². The summed E-state index contributed by atoms with van der Waals surface area (Å²) < 4.78 is 5.44. The third-order valence-electron chi connectivity index (χ3n) is 3.15. The Kier molecular flexibility index (Phi) is 9.25. The summed E-state index contributed by atoms with van der Waals surface area (Å²) in [7, 11) is 0. The van der Waals surface area contributed by atoms with Crippen molar-refractivity contribution in [3.63, 3.8) is 0 Å². The van der Waals surface area contributed by atoms with E-state index in [4.69, 9.17) is 4.74 Å². The van der Waals surface area contributed by atoms with Gasteiger partial charge in [-0.25, -0.2) is 0 Å². The Morgan fingerprint density at radius 2 is 2.24 bits per heavy atom. The van der Waals surface area contributed by atoms with Crippen molar-refractivity contribution in [1.29, 1.82) is 0 Å². The first-order chi connectivity index (χ1) is 10.2. The first-order valence-corrected chi connectivity index (χ1v) is 8.32. The molecule has 0 bridgehead atoms. The van der Waals surface area contributed by atoms with Crippen molar-refractivity contribution < 1.29 is 14.6 Å². The largest absolute Gasteiger partial charge is 0.389 e. The van der Waals surface area contributed by atoms with Crippen LogP contribution in [0.25, 0.3) is 0 Å². The summed E-state index contributed by atoms with van der Waals surface area (Å²) in [5.74, 6) is 0.149. The molecule has 2 N–H and O–H groups in total. The van der Waals surface area contributed by atoms with Crippen LogP contribution in [0.3, 0.4) is 0 Å². The highest BCUT2D eigenvalue weighted by Gasteiger charge is 2.09. The van der Waals surface area contributed by atoms with Gasteiger partial charge in [-0.15, -0.1) is 11.3 Å². The minimum atomic E-state index is -0.548. The van der Waals surface area contributed by atoms with E-state index in [9.17, 15) is 9.90 Å². The Hall–Kier alpha value is -0.950. The molecule has 1 atom stereocenters. The second-order valence-electron chi connectivity index (χ2n) is 4.77. The fraction of sp³-hybridized carbons (Fsp3) is 0.667. The molecule has 0 radical (unpaired) electrons. The first kappa shape index (κ1) is 18.1. The lowest BCUT2D eigenvalue weighted by Crippen LogP contribution is -2.35. The molecular formula is C15H26N2O3S. The third kappa shape index (κ3) is 7.57. The molecule has 0 aromatic carbocycles. The molecule has 0 aliphatic carbocycles. The summed E-state index contributed by atoms with van der Waals surface area (Å²) in [5.41, 5.74) is 0. The van der Waals surface area contributed by atoms with Gasteiger partial charge in [-0.2, -0.15) is 0 Å². The lowest BCUT2D eigenvalue weighted by molar-refractivity contribution is -0.130. The Labute approximate surface area is 130 Å². The molecule has 1 unspecified atom stereocenters. The Morgan fingerprint density at radius 1 is 1.48 bits per heavy atom. The van der Waals surface area contributed by atoms with Crippen molar-refractivity contribution in [3.8, 4) is 0 Å². The standard InChI is InChI=1S/C15H26N2O3S/c1-3-17(4-2)15(19)7-8-16-10-13(18)11-20-12-14-6-5-9-21-14/h5-6,9,13,16,18H,3-4,7-8,10-12H2,1-2H3. The number of hydrogen-bond acceptors (Lipinski definition) is 5. The first-order valence-electron chi connectivity index (χ1n) is 7.44. The molecule has 0 saturated heterocycles. The normalized spacial score (nSPS) is 12.3. The number of carbonyl (C=O) groups excluding carboxylic acids is 1. The highest BCUT2D eigenvalue weighted by atomic mass is 32.1. The fourth-order valence-corrected chi connectivity index (χ4v) is 2.59. The molecule has 1 amide bonds. The molecule has 0 fully saturated rings. The quantitative estimate of drug-likeness (QED) is 0.607. The average molecular weight is 314 g/mol. The van der Waals surface area contributed by atoms with Crippen molar-refractivity contribution >= 4 is 17.2 Å². The van der Waals surface area contributed by atoms with Crippen LogP contribution in [0.15, 0.2) is 17.5 Å². The minimum Gasteiger partial charge on any atom is -0.389 e. The molecule has 120 valence electrons. The zero-order valence-corrected chi connectivity index (χ0v) is 13.7. The van der Waals surface area contributed by atoms with Gasteiger partial charge in [0.25, 0.3) is 0 Å². The second-order valence-corrected chi connectivity index (χ2v) is 5.80. The van der Waals surface area contributed by atoms with Gasteiger partial charge in [-0.1, -0.05) is 6.07 Å². The summed E-state index contributed by atoms with van der Waals surface area (Å²) >= 11 is 1.64. The van der Waals surface area contributed by atoms with Gasteiger partial charge in [0, 0.05) is 37.5 Å². The molecule has 0 saturated carbocycles. The number of carbonyl (C=O) groups is 1. The molecule has 1 rings (SSSR count). The van der Waals surface area contributed by atoms with Crippen LogP contribution in [-0.2, 0) is 16.1 Å². The topological polar surface area (TPSA) is 61.8 Å². The van der Waals surface area contributed by atoms with Crippen molar-refractivity contribution in [2.75, 3.05) is 32.8 Å². The number of nitrogens with zero attached hydrogens (tertiary/aromatic N) is 1. The molecule has 6 heteroatoms. The summed E-state index contributed by atoms with van der Waals surface area (Å²) in [6.45, 7) is 7.30. The van der Waals surface area contributed by atoms with Gasteiger partial charge in [0.2, 0.25) is 5.91 Å². The maximum Gasteiger partial charge on any atom is 0.223 e. The SMILES string of the molecule is CCN(CC)C(=O)CCNCC(O)COCc1cccs1. The number of rotatable bonds is 11. The zero-order chi connectivity index (χ0) is 15.5. The number of amides is 1. The minimum absolute atomic E-state index is 0.149. The van der Waals surface area contributed by atoms with Gasteiger partial charge in [0.15, 0.2) is 0 Å². The van der Waals surface area contributed by atoms with E-state index in [0.717, 1.165) is 18.0 Å². The number of thiophene rings is 1. The fourth-order valence-electron chi connectivity index (χ4n) is 1.95. The second kappa shape index (κ2) is 10.7. The van der Waals surface area contributed by atoms with E-state index in [1.165, 1.54) is 0 Å². The smallest absolute Gasteiger partial charge is 0.223 e. The highest BCUT2D eigenvalue weighted by Crippen LogP contribution is 2.09. The van der Waals surface area contributed by atoms with Crippen LogP contribution in [0.1, 0.15) is 25.1 Å². The van der Waals surface area contributed by atoms with E-state index < -0.39 is 6.10 Å². The van der Waals surface area contributed by atoms with Crippen LogP contribution in [0.4, 0.5) is 0 Å². The van der Waals surface area contributed by atoms with E-state index in [1.807, 2.05) is 36.3 Å². The Bertz CT molecular complexity index is 380. The molecule has 0 aliphatic rings. The van der Waals surface area contributed by atoms with Crippen LogP contribution in [0, 0.1) is 0 Å². The monoisotopic (exact) mass is 314 g/mol. The predicted molar refractivity (Wildman–Crippen MR) is 85.4 cm³/mol. The summed E-state index contributed by atoms with van der Waals surface area (Å²) in [5, 5.41) is 14.9. The van der Waals surface area contributed by atoms with E-state index >= 15 is 0 Å². The van der Waals surface area contributed by atoms with Crippen LogP contribution < -0.4 is 5.32 Å². The van der Waals surface area contributed by atoms with Crippen LogP contribution in [-0.4, -0.2) is 54.8 Å². The zero-order valence-electron chi connectivity index (χ0n) is 12.9. The summed E-state index contributed by atoms with van der Waals surface area (Å²) in [6, 6.07) is 3.99. The molecular weight excluding hydrogens is 288 g/mol. The molecule has 1 aromatic rings. The predicted octanol–water partition coefficient (Wildman–Crippen LogP) is 1.47. The molecule has 0 aliphatic heterocycles. The lowest BCUT2D eigenvalue weighted by Gasteiger charge is -2.19. The molecule has 1 heterocycles. The van der Waals surface area contributed by atoms with Crippen LogP contribution >= 0.6 is 11.3 Å². The van der Waals surface area contributed by atoms with Crippen molar-refractivity contribution in [2.45, 2.75) is 33.0 Å². The lowest BCUT2D eigenvalue weighted by atomic mass is 10.3. The molecule has 0 spiro atoms. The molecule has 1 aromatic heterocycles. The van der Waals surface area contributed by atoms with E-state index in [1.54, 1.807) is 11.3 Å². The van der Waals surface area contributed by atoms with Crippen molar-refractivity contribution in [1.82, 2.24) is 10.2 Å². The van der Waals surface area contributed by atoms with E-state index in [-0.39, 0.29) is 5.91 Å². The van der Waals surface area contributed by atoms with Crippen molar-refractivity contribution in [3.05, 3.63) is 22.4 Å². The van der Waals surface area contributed by atoms with Crippen LogP contribution in [0.2, 0.25) is 0 Å². The summed E-state index contributed by atoms with van der Waals surface area (Å²) in [4.78, 5) is 14.7. The molecule has 21 heavy (non-hydrogen) atoms. The van der Waals surface area contributed by atoms with Gasteiger partial charge in [0.05, 0.1) is 19.3 Å². The number of hydrogen-bond donors (Lipinski definition) is 2. The number of aliphatic hydroxyl groups is 1. The van der Waals surface area contributed by atoms with Gasteiger partial charge >= 0.3 is 0 Å². The highest BCUT2D eigenvalue weighted by molar-refractivity contribution is 7.09. The van der Waals surface area contributed by atoms with Gasteiger partial charge < -0.3 is 20.1 Å². The van der Waals surface area contributed by atoms with Crippen molar-refractivity contribution in [2.24, 2.45) is 0 Å². The average Bonchev–Trinajstić information content (AvgIpc) is 2.98. The number of aliphatic hydroxyl groups excluding tert-OH is 1. The van der Waals surface area contributed by atoms with Crippen LogP contribution in [0.5, 0.6) is 0 Å². The number of ether oxygens (including phenoxy) is 1. The molecule has 5 nitrogen and oxygen atoms in total. The van der Waals surface area contributed by atoms with E-state index in [2.05, 4.69) is 5.32 Å². The van der Waals surface area contributed by atoms with Gasteiger partial charge in [-0.3, -0.25) is 4.79 Å². The Morgan fingerprint density at radius 3 is 2.86 bits per heavy atom. The van der Waals surface area contributed by atoms with E-state index in [0.29, 0.717) is 32.7 Å². The summed E-state index contributed by atoms with van der Waals surface area (Å²) in [6.07, 6.45) is -0.0849. The number of nitrogens with one attached hydrogen (secondary N) is 1. The maximum atomic E-state index is 11.8. The van der Waals surface area contributed by atoms with Gasteiger partial charge in [-0.05, 0) is 25.3 Å². The maximum absolute atomic E-state index is 11.8. The third-order valence-corrected chi connectivity index (χ3v) is 4.00.